The van der Waals surface area contributed by atoms with Crippen LogP contribution in [0.2, 0.25) is 0 Å². The second-order valence-corrected chi connectivity index (χ2v) is 7.12. The number of halogens is 3. The zero-order valence-electron chi connectivity index (χ0n) is 16.2. The molecule has 3 heterocycles. The maximum Gasteiger partial charge on any atom is 0.417 e. The smallest absolute Gasteiger partial charge is 0.417 e. The Labute approximate surface area is 175 Å². The number of hydrogen-bond acceptors (Lipinski definition) is 5. The van der Waals surface area contributed by atoms with Crippen LogP contribution in [0.3, 0.4) is 0 Å². The Bertz CT molecular complexity index is 1070. The highest BCUT2D eigenvalue weighted by molar-refractivity contribution is 5.95. The monoisotopic (exact) mass is 429 g/mol. The molecule has 1 N–H and O–H groups in total. The van der Waals surface area contributed by atoms with Gasteiger partial charge in [-0.25, -0.2) is 9.78 Å². The van der Waals surface area contributed by atoms with Crippen LogP contribution in [-0.2, 0) is 6.18 Å². The molecule has 0 amide bonds. The molecule has 0 spiro atoms. The Balaban J connectivity index is 1.49. The van der Waals surface area contributed by atoms with E-state index in [-0.39, 0.29) is 17.5 Å². The molecular formula is C22H18F3N3O3. The fourth-order valence-electron chi connectivity index (χ4n) is 3.47. The normalized spacial score (nSPS) is 16.4. The van der Waals surface area contributed by atoms with Gasteiger partial charge in [-0.15, -0.1) is 0 Å². The summed E-state index contributed by atoms with van der Waals surface area (Å²) < 4.78 is 43.7. The van der Waals surface area contributed by atoms with Gasteiger partial charge in [0.2, 0.25) is 5.88 Å². The van der Waals surface area contributed by atoms with Gasteiger partial charge >= 0.3 is 12.1 Å². The SMILES string of the molecule is O=C(O)c1cc(-c2ccccc2)ncc1N1CC[C@@H](Oc2ccc(C(F)(F)F)cn2)C1. The Kier molecular flexibility index (Phi) is 5.50. The predicted molar refractivity (Wildman–Crippen MR) is 107 cm³/mol. The Hall–Kier alpha value is -3.62. The Morgan fingerprint density at radius 1 is 1.10 bits per heavy atom. The minimum Gasteiger partial charge on any atom is -0.478 e. The summed E-state index contributed by atoms with van der Waals surface area (Å²) in [7, 11) is 0. The number of rotatable bonds is 5. The number of nitrogens with zero attached hydrogens (tertiary/aromatic N) is 3. The average molecular weight is 429 g/mol. The molecule has 1 atom stereocenters. The quantitative estimate of drug-likeness (QED) is 0.643. The van der Waals surface area contributed by atoms with Crippen molar-refractivity contribution in [2.24, 2.45) is 0 Å². The summed E-state index contributed by atoms with van der Waals surface area (Å²) in [6.07, 6.45) is -1.95. The number of aromatic carboxylic acids is 1. The number of benzene rings is 1. The number of carboxylic acids is 1. The van der Waals surface area contributed by atoms with Gasteiger partial charge < -0.3 is 14.7 Å². The van der Waals surface area contributed by atoms with E-state index < -0.39 is 17.7 Å². The van der Waals surface area contributed by atoms with Crippen molar-refractivity contribution in [1.29, 1.82) is 0 Å². The van der Waals surface area contributed by atoms with Gasteiger partial charge in [0.25, 0.3) is 0 Å². The molecule has 31 heavy (non-hydrogen) atoms. The van der Waals surface area contributed by atoms with Gasteiger partial charge in [-0.3, -0.25) is 4.98 Å². The second-order valence-electron chi connectivity index (χ2n) is 7.12. The fourth-order valence-corrected chi connectivity index (χ4v) is 3.47. The lowest BCUT2D eigenvalue weighted by atomic mass is 10.1. The summed E-state index contributed by atoms with van der Waals surface area (Å²) >= 11 is 0. The van der Waals surface area contributed by atoms with E-state index in [1.807, 2.05) is 35.2 Å². The molecule has 2 aromatic heterocycles. The molecule has 1 aliphatic heterocycles. The van der Waals surface area contributed by atoms with Crippen LogP contribution in [0.15, 0.2) is 60.9 Å². The number of carbonyl (C=O) groups is 1. The lowest BCUT2D eigenvalue weighted by Gasteiger charge is -2.21. The topological polar surface area (TPSA) is 75.5 Å². The second kappa shape index (κ2) is 8.25. The van der Waals surface area contributed by atoms with Gasteiger partial charge in [0, 0.05) is 30.8 Å². The standard InChI is InChI=1S/C22H18F3N3O3/c23-22(24,25)15-6-7-20(27-11-15)31-16-8-9-28(13-16)19-12-26-18(10-17(19)21(29)30)14-4-2-1-3-5-14/h1-7,10-12,16H,8-9,13H2,(H,29,30)/t16-/m1/s1. The van der Waals surface area contributed by atoms with Gasteiger partial charge in [-0.05, 0) is 12.1 Å². The molecular weight excluding hydrogens is 411 g/mol. The lowest BCUT2D eigenvalue weighted by molar-refractivity contribution is -0.137. The molecule has 1 aromatic carbocycles. The molecule has 0 saturated carbocycles. The van der Waals surface area contributed by atoms with Crippen LogP contribution in [0.1, 0.15) is 22.3 Å². The molecule has 0 radical (unpaired) electrons. The largest absolute Gasteiger partial charge is 0.478 e. The van der Waals surface area contributed by atoms with Gasteiger partial charge in [-0.1, -0.05) is 30.3 Å². The zero-order chi connectivity index (χ0) is 22.0. The van der Waals surface area contributed by atoms with E-state index in [4.69, 9.17) is 4.74 Å². The summed E-state index contributed by atoms with van der Waals surface area (Å²) in [5.74, 6) is -0.973. The molecule has 9 heteroatoms. The van der Waals surface area contributed by atoms with Crippen molar-refractivity contribution in [2.75, 3.05) is 18.0 Å². The number of alkyl halides is 3. The molecule has 160 valence electrons. The molecule has 3 aromatic rings. The summed E-state index contributed by atoms with van der Waals surface area (Å²) in [6.45, 7) is 0.896. The Morgan fingerprint density at radius 2 is 1.87 bits per heavy atom. The van der Waals surface area contributed by atoms with E-state index in [0.29, 0.717) is 30.9 Å². The number of hydrogen-bond donors (Lipinski definition) is 1. The van der Waals surface area contributed by atoms with Crippen molar-refractivity contribution in [3.05, 3.63) is 72.1 Å². The number of aromatic nitrogens is 2. The van der Waals surface area contributed by atoms with Crippen molar-refractivity contribution in [3.63, 3.8) is 0 Å². The van der Waals surface area contributed by atoms with Crippen LogP contribution in [-0.4, -0.2) is 40.2 Å². The number of carboxylic acid groups (broad SMARTS) is 1. The Morgan fingerprint density at radius 3 is 2.52 bits per heavy atom. The van der Waals surface area contributed by atoms with Crippen LogP contribution in [0.25, 0.3) is 11.3 Å². The third-order valence-corrected chi connectivity index (χ3v) is 5.02. The number of anilines is 1. The average Bonchev–Trinajstić information content (AvgIpc) is 3.22. The molecule has 1 fully saturated rings. The minimum atomic E-state index is -4.46. The highest BCUT2D eigenvalue weighted by Crippen LogP contribution is 2.31. The van der Waals surface area contributed by atoms with Gasteiger partial charge in [-0.2, -0.15) is 13.2 Å². The van der Waals surface area contributed by atoms with Crippen LogP contribution in [0.4, 0.5) is 18.9 Å². The molecule has 4 rings (SSSR count). The van der Waals surface area contributed by atoms with E-state index in [2.05, 4.69) is 9.97 Å². The highest BCUT2D eigenvalue weighted by atomic mass is 19.4. The van der Waals surface area contributed by atoms with E-state index in [9.17, 15) is 23.1 Å². The third kappa shape index (κ3) is 4.60. The molecule has 1 saturated heterocycles. The maximum absolute atomic E-state index is 12.7. The first-order valence-electron chi connectivity index (χ1n) is 9.55. The minimum absolute atomic E-state index is 0.0934. The zero-order valence-corrected chi connectivity index (χ0v) is 16.2. The first kappa shape index (κ1) is 20.6. The fraction of sp³-hybridized carbons (Fsp3) is 0.227. The van der Waals surface area contributed by atoms with Crippen molar-refractivity contribution in [3.8, 4) is 17.1 Å². The van der Waals surface area contributed by atoms with Gasteiger partial charge in [0.05, 0.1) is 35.2 Å². The van der Waals surface area contributed by atoms with Crippen molar-refractivity contribution in [1.82, 2.24) is 9.97 Å². The summed E-state index contributed by atoms with van der Waals surface area (Å²) in [5.41, 5.74) is 1.12. The van der Waals surface area contributed by atoms with Crippen molar-refractivity contribution >= 4 is 11.7 Å². The van der Waals surface area contributed by atoms with Gasteiger partial charge in [0.15, 0.2) is 0 Å². The first-order chi connectivity index (χ1) is 14.8. The van der Waals surface area contributed by atoms with Crippen LogP contribution >= 0.6 is 0 Å². The van der Waals surface area contributed by atoms with Crippen LogP contribution in [0.5, 0.6) is 5.88 Å². The van der Waals surface area contributed by atoms with Gasteiger partial charge in [0.1, 0.15) is 6.10 Å². The summed E-state index contributed by atoms with van der Waals surface area (Å²) in [4.78, 5) is 21.9. The van der Waals surface area contributed by atoms with E-state index in [0.717, 1.165) is 17.8 Å². The first-order valence-corrected chi connectivity index (χ1v) is 9.55. The number of ether oxygens (including phenoxy) is 1. The predicted octanol–water partition coefficient (Wildman–Crippen LogP) is 4.52. The van der Waals surface area contributed by atoms with Crippen molar-refractivity contribution < 1.29 is 27.8 Å². The summed E-state index contributed by atoms with van der Waals surface area (Å²) in [5, 5.41) is 9.70. The van der Waals surface area contributed by atoms with E-state index in [1.165, 1.54) is 12.3 Å². The highest BCUT2D eigenvalue weighted by Gasteiger charge is 2.31. The van der Waals surface area contributed by atoms with Crippen LogP contribution < -0.4 is 9.64 Å². The van der Waals surface area contributed by atoms with Crippen LogP contribution in [0, 0.1) is 0 Å². The lowest BCUT2D eigenvalue weighted by Crippen LogP contribution is -2.26. The molecule has 0 unspecified atom stereocenters. The molecule has 6 nitrogen and oxygen atoms in total. The van der Waals surface area contributed by atoms with E-state index >= 15 is 0 Å². The maximum atomic E-state index is 12.7. The molecule has 0 bridgehead atoms. The molecule has 0 aliphatic carbocycles. The summed E-state index contributed by atoms with van der Waals surface area (Å²) in [6, 6.07) is 12.9. The third-order valence-electron chi connectivity index (χ3n) is 5.02. The molecule has 1 aliphatic rings. The number of pyridine rings is 2. The van der Waals surface area contributed by atoms with Crippen molar-refractivity contribution in [2.45, 2.75) is 18.7 Å². The van der Waals surface area contributed by atoms with E-state index in [1.54, 1.807) is 6.07 Å².